The summed E-state index contributed by atoms with van der Waals surface area (Å²) in [5.41, 5.74) is 14.4. The first-order valence-electron chi connectivity index (χ1n) is 19.5. The van der Waals surface area contributed by atoms with Crippen LogP contribution in [0.1, 0.15) is 25.0 Å². The zero-order valence-corrected chi connectivity index (χ0v) is 31.9. The molecule has 9 aromatic rings. The summed E-state index contributed by atoms with van der Waals surface area (Å²) in [7, 11) is -2.81. The maximum atomic E-state index is 2.72. The molecule has 8 aromatic carbocycles. The fourth-order valence-electron chi connectivity index (χ4n) is 10.8. The number of aromatic nitrogens is 1. The molecule has 55 heavy (non-hydrogen) atoms. The molecule has 1 aromatic heterocycles. The van der Waals surface area contributed by atoms with Gasteiger partial charge in [-0.05, 0) is 67.1 Å². The fraction of sp³-hybridized carbons (Fsp3) is 0.0588. The topological polar surface area (TPSA) is 8.17 Å². The quantitative estimate of drug-likeness (QED) is 0.172. The van der Waals surface area contributed by atoms with Gasteiger partial charge in [0.05, 0.1) is 16.7 Å². The average molecular weight is 717 g/mol. The third-order valence-electron chi connectivity index (χ3n) is 13.1. The Morgan fingerprint density at radius 3 is 1.64 bits per heavy atom. The highest BCUT2D eigenvalue weighted by Crippen LogP contribution is 2.54. The molecule has 4 heteroatoms. The molecule has 0 spiro atoms. The lowest BCUT2D eigenvalue weighted by atomic mass is 9.34. The van der Waals surface area contributed by atoms with Crippen LogP contribution in [-0.2, 0) is 5.41 Å². The lowest BCUT2D eigenvalue weighted by Gasteiger charge is -2.54. The van der Waals surface area contributed by atoms with E-state index in [1.54, 1.807) is 0 Å². The van der Waals surface area contributed by atoms with E-state index in [9.17, 15) is 0 Å². The first kappa shape index (κ1) is 31.0. The van der Waals surface area contributed by atoms with Gasteiger partial charge in [-0.1, -0.05) is 183 Å². The standard InChI is InChI=1S/C51H37BN2Si/c1-51(2)40-26-16-30-46-49(40)54-48-41(51)32-35(53-44-28-14-12-24-38(44)39-25-13-15-29-45(39)53)33-43(48)52(34-18-6-3-7-19-34)42-27-17-31-47(50(42)54)55(46,36-20-8-4-9-21-36)37-22-10-5-11-23-37/h3-33H,1-2H3. The van der Waals surface area contributed by atoms with E-state index in [0.29, 0.717) is 0 Å². The maximum absolute atomic E-state index is 2.81. The molecule has 0 N–H and O–H groups in total. The Morgan fingerprint density at radius 1 is 0.455 bits per heavy atom. The smallest absolute Gasteiger partial charge is 0.246 e. The van der Waals surface area contributed by atoms with Gasteiger partial charge >= 0.3 is 0 Å². The van der Waals surface area contributed by atoms with Gasteiger partial charge in [0.15, 0.2) is 8.07 Å². The summed E-state index contributed by atoms with van der Waals surface area (Å²) in [6.45, 7) is 4.98. The van der Waals surface area contributed by atoms with E-state index in [-0.39, 0.29) is 12.1 Å². The van der Waals surface area contributed by atoms with Crippen LogP contribution in [0, 0.1) is 0 Å². The van der Waals surface area contributed by atoms with Crippen molar-refractivity contribution in [3.8, 4) is 5.69 Å². The molecule has 4 heterocycles. The van der Waals surface area contributed by atoms with Crippen molar-refractivity contribution >= 4 is 90.8 Å². The monoisotopic (exact) mass is 716 g/mol. The first-order chi connectivity index (χ1) is 27.1. The Balaban J connectivity index is 1.26. The van der Waals surface area contributed by atoms with Crippen LogP contribution in [0.15, 0.2) is 188 Å². The van der Waals surface area contributed by atoms with E-state index in [4.69, 9.17) is 0 Å². The predicted molar refractivity (Wildman–Crippen MR) is 236 cm³/mol. The fourth-order valence-corrected chi connectivity index (χ4v) is 16.0. The van der Waals surface area contributed by atoms with Crippen molar-refractivity contribution in [1.29, 1.82) is 0 Å². The molecule has 0 radical (unpaired) electrons. The summed E-state index contributed by atoms with van der Waals surface area (Å²) in [6.07, 6.45) is 0. The summed E-state index contributed by atoms with van der Waals surface area (Å²) in [5.74, 6) is 0. The van der Waals surface area contributed by atoms with Gasteiger partial charge in [-0.25, -0.2) is 0 Å². The molecule has 0 amide bonds. The molecule has 0 fully saturated rings. The maximum Gasteiger partial charge on any atom is 0.246 e. The highest BCUT2D eigenvalue weighted by atomic mass is 28.3. The molecule has 3 aliphatic heterocycles. The number of benzene rings is 8. The summed E-state index contributed by atoms with van der Waals surface area (Å²) in [5, 5.41) is 8.36. The summed E-state index contributed by atoms with van der Waals surface area (Å²) >= 11 is 0. The first-order valence-corrected chi connectivity index (χ1v) is 21.5. The second-order valence-corrected chi connectivity index (χ2v) is 19.8. The molecular weight excluding hydrogens is 679 g/mol. The van der Waals surface area contributed by atoms with Gasteiger partial charge in [0.25, 0.3) is 0 Å². The molecule has 0 aliphatic carbocycles. The minimum absolute atomic E-state index is 0.0510. The van der Waals surface area contributed by atoms with Gasteiger partial charge in [0.1, 0.15) is 0 Å². The van der Waals surface area contributed by atoms with E-state index in [0.717, 1.165) is 0 Å². The molecular formula is C51H37BN2Si. The molecule has 0 saturated heterocycles. The molecule has 2 nitrogen and oxygen atoms in total. The van der Waals surface area contributed by atoms with Crippen LogP contribution in [0.5, 0.6) is 0 Å². The third-order valence-corrected chi connectivity index (χ3v) is 17.9. The second-order valence-electron chi connectivity index (χ2n) is 16.0. The highest BCUT2D eigenvalue weighted by molar-refractivity contribution is 7.22. The van der Waals surface area contributed by atoms with Crippen LogP contribution < -0.4 is 42.0 Å². The van der Waals surface area contributed by atoms with E-state index in [1.807, 2.05) is 0 Å². The number of fused-ring (bicyclic) bond motifs is 3. The van der Waals surface area contributed by atoms with Gasteiger partial charge < -0.3 is 9.47 Å². The van der Waals surface area contributed by atoms with Crippen molar-refractivity contribution in [1.82, 2.24) is 4.57 Å². The van der Waals surface area contributed by atoms with E-state index in [1.165, 1.54) is 92.8 Å². The van der Waals surface area contributed by atoms with Gasteiger partial charge in [0, 0.05) is 33.2 Å². The van der Waals surface area contributed by atoms with Crippen molar-refractivity contribution in [2.75, 3.05) is 4.90 Å². The Morgan fingerprint density at radius 2 is 1.00 bits per heavy atom. The summed E-state index contributed by atoms with van der Waals surface area (Å²) in [6, 6.07) is 71.5. The highest BCUT2D eigenvalue weighted by Gasteiger charge is 2.55. The van der Waals surface area contributed by atoms with Gasteiger partial charge in [-0.3, -0.25) is 0 Å². The molecule has 0 saturated carbocycles. The SMILES string of the molecule is CC1(C)c2cc(-n3c4ccccc4c4ccccc43)cc3c2N2c4c(cccc4[Si](c4ccccc4)(c4ccccc4)c4cccc1c42)B3c1ccccc1. The minimum atomic E-state index is -2.81. The number of anilines is 3. The second kappa shape index (κ2) is 11.1. The number of hydrogen-bond acceptors (Lipinski definition) is 1. The van der Waals surface area contributed by atoms with Crippen LogP contribution in [0.2, 0.25) is 0 Å². The Kier molecular flexibility index (Phi) is 6.26. The summed E-state index contributed by atoms with van der Waals surface area (Å²) in [4.78, 5) is 2.72. The van der Waals surface area contributed by atoms with Crippen LogP contribution in [-0.4, -0.2) is 19.4 Å². The lowest BCUT2D eigenvalue weighted by molar-refractivity contribution is 0.632. The van der Waals surface area contributed by atoms with Crippen molar-refractivity contribution in [3.05, 3.63) is 199 Å². The molecule has 12 rings (SSSR count). The zero-order chi connectivity index (χ0) is 36.5. The van der Waals surface area contributed by atoms with Gasteiger partial charge in [0.2, 0.25) is 6.71 Å². The molecule has 258 valence electrons. The van der Waals surface area contributed by atoms with Crippen molar-refractivity contribution in [3.63, 3.8) is 0 Å². The van der Waals surface area contributed by atoms with E-state index >= 15 is 0 Å². The third kappa shape index (κ3) is 3.89. The van der Waals surface area contributed by atoms with Gasteiger partial charge in [-0.15, -0.1) is 0 Å². The van der Waals surface area contributed by atoms with Crippen molar-refractivity contribution < 1.29 is 0 Å². The largest absolute Gasteiger partial charge is 0.311 e. The lowest BCUT2D eigenvalue weighted by Crippen LogP contribution is -2.79. The number of rotatable bonds is 4. The van der Waals surface area contributed by atoms with Crippen LogP contribution in [0.4, 0.5) is 17.1 Å². The molecule has 3 aliphatic rings. The number of para-hydroxylation sites is 4. The van der Waals surface area contributed by atoms with E-state index in [2.05, 4.69) is 211 Å². The predicted octanol–water partition coefficient (Wildman–Crippen LogP) is 7.41. The Bertz CT molecular complexity index is 2930. The van der Waals surface area contributed by atoms with E-state index < -0.39 is 8.07 Å². The van der Waals surface area contributed by atoms with Crippen molar-refractivity contribution in [2.24, 2.45) is 0 Å². The molecule has 0 atom stereocenters. The zero-order valence-electron chi connectivity index (χ0n) is 30.9. The number of hydrogen-bond donors (Lipinski definition) is 0. The van der Waals surface area contributed by atoms with Crippen molar-refractivity contribution in [2.45, 2.75) is 19.3 Å². The average Bonchev–Trinajstić information content (AvgIpc) is 3.58. The Labute approximate surface area is 323 Å². The van der Waals surface area contributed by atoms with Crippen LogP contribution in [0.25, 0.3) is 27.5 Å². The summed E-state index contributed by atoms with van der Waals surface area (Å²) < 4.78 is 2.51. The normalized spacial score (nSPS) is 15.3. The minimum Gasteiger partial charge on any atom is -0.311 e. The van der Waals surface area contributed by atoms with Crippen LogP contribution >= 0.6 is 0 Å². The Hall–Kier alpha value is -6.36. The number of nitrogens with zero attached hydrogens (tertiary/aromatic N) is 2. The van der Waals surface area contributed by atoms with Gasteiger partial charge in [-0.2, -0.15) is 0 Å². The molecule has 0 bridgehead atoms. The molecule has 0 unspecified atom stereocenters. The van der Waals surface area contributed by atoms with Crippen LogP contribution in [0.3, 0.4) is 0 Å².